The summed E-state index contributed by atoms with van der Waals surface area (Å²) in [7, 11) is 0. The van der Waals surface area contributed by atoms with Crippen LogP contribution in [0.4, 0.5) is 0 Å². The number of amides is 1. The highest BCUT2D eigenvalue weighted by molar-refractivity contribution is 5.87. The molecule has 0 saturated carbocycles. The Morgan fingerprint density at radius 3 is 2.52 bits per heavy atom. The normalized spacial score (nSPS) is 18.1. The first kappa shape index (κ1) is 17.2. The highest BCUT2D eigenvalue weighted by Crippen LogP contribution is 2.27. The van der Waals surface area contributed by atoms with Crippen LogP contribution in [0.15, 0.2) is 54.6 Å². The Labute approximate surface area is 147 Å². The van der Waals surface area contributed by atoms with Crippen molar-refractivity contribution in [3.63, 3.8) is 0 Å². The highest BCUT2D eigenvalue weighted by Gasteiger charge is 2.29. The number of carboxylic acid groups (broad SMARTS) is 1. The van der Waals surface area contributed by atoms with Crippen molar-refractivity contribution in [2.24, 2.45) is 0 Å². The fourth-order valence-corrected chi connectivity index (χ4v) is 3.32. The van der Waals surface area contributed by atoms with E-state index in [2.05, 4.69) is 17.0 Å². The predicted molar refractivity (Wildman–Crippen MR) is 95.2 cm³/mol. The molecule has 5 nitrogen and oxygen atoms in total. The van der Waals surface area contributed by atoms with Gasteiger partial charge in [0.25, 0.3) is 0 Å². The SMILES string of the molecule is CC(=O)N1CCN(Cc2cccc(C(=O)O)c2)C(c2ccccc2)C1. The summed E-state index contributed by atoms with van der Waals surface area (Å²) in [6.07, 6.45) is 0. The fraction of sp³-hybridized carbons (Fsp3) is 0.300. The van der Waals surface area contributed by atoms with Crippen LogP contribution in [-0.4, -0.2) is 46.4 Å². The largest absolute Gasteiger partial charge is 0.478 e. The molecular weight excluding hydrogens is 316 g/mol. The lowest BCUT2D eigenvalue weighted by atomic mass is 10.0. The van der Waals surface area contributed by atoms with Crippen LogP contribution in [0.25, 0.3) is 0 Å². The molecule has 0 aliphatic carbocycles. The zero-order valence-electron chi connectivity index (χ0n) is 14.3. The van der Waals surface area contributed by atoms with Gasteiger partial charge in [0.2, 0.25) is 5.91 Å². The number of carboxylic acids is 1. The number of aromatic carboxylic acids is 1. The lowest BCUT2D eigenvalue weighted by Gasteiger charge is -2.41. The van der Waals surface area contributed by atoms with Crippen LogP contribution in [0, 0.1) is 0 Å². The van der Waals surface area contributed by atoms with E-state index in [9.17, 15) is 14.7 Å². The van der Waals surface area contributed by atoms with Gasteiger partial charge in [-0.05, 0) is 23.3 Å². The third-order valence-corrected chi connectivity index (χ3v) is 4.68. The summed E-state index contributed by atoms with van der Waals surface area (Å²) in [4.78, 5) is 27.2. The van der Waals surface area contributed by atoms with Gasteiger partial charge in [-0.25, -0.2) is 4.79 Å². The second-order valence-corrected chi connectivity index (χ2v) is 6.37. The molecule has 1 heterocycles. The van der Waals surface area contributed by atoms with Crippen molar-refractivity contribution in [2.75, 3.05) is 19.6 Å². The molecule has 2 aromatic carbocycles. The molecule has 130 valence electrons. The lowest BCUT2D eigenvalue weighted by Crippen LogP contribution is -2.49. The average Bonchev–Trinajstić information content (AvgIpc) is 2.63. The standard InChI is InChI=1S/C20H22N2O3/c1-15(23)21-10-11-22(19(14-21)17-7-3-2-4-8-17)13-16-6-5-9-18(12-16)20(24)25/h2-9,12,19H,10-11,13-14H2,1H3,(H,24,25). The first-order valence-corrected chi connectivity index (χ1v) is 8.41. The van der Waals surface area contributed by atoms with Gasteiger partial charge in [-0.15, -0.1) is 0 Å². The number of carbonyl (C=O) groups excluding carboxylic acids is 1. The molecule has 1 atom stereocenters. The van der Waals surface area contributed by atoms with Gasteiger partial charge in [-0.3, -0.25) is 9.69 Å². The van der Waals surface area contributed by atoms with E-state index in [1.807, 2.05) is 29.2 Å². The molecule has 1 aliphatic rings. The summed E-state index contributed by atoms with van der Waals surface area (Å²) in [6.45, 7) is 4.37. The van der Waals surface area contributed by atoms with Crippen molar-refractivity contribution in [3.05, 3.63) is 71.3 Å². The Kier molecular flexibility index (Phi) is 5.14. The number of rotatable bonds is 4. The first-order valence-electron chi connectivity index (χ1n) is 8.41. The molecular formula is C20H22N2O3. The highest BCUT2D eigenvalue weighted by atomic mass is 16.4. The number of piperazine rings is 1. The molecule has 1 amide bonds. The molecule has 1 unspecified atom stereocenters. The molecule has 0 aromatic heterocycles. The zero-order valence-corrected chi connectivity index (χ0v) is 14.3. The van der Waals surface area contributed by atoms with Gasteiger partial charge in [-0.1, -0.05) is 42.5 Å². The van der Waals surface area contributed by atoms with E-state index in [1.54, 1.807) is 25.1 Å². The van der Waals surface area contributed by atoms with Crippen molar-refractivity contribution in [2.45, 2.75) is 19.5 Å². The van der Waals surface area contributed by atoms with Gasteiger partial charge >= 0.3 is 5.97 Å². The second-order valence-electron chi connectivity index (χ2n) is 6.37. The van der Waals surface area contributed by atoms with E-state index in [4.69, 9.17) is 0 Å². The van der Waals surface area contributed by atoms with Crippen molar-refractivity contribution >= 4 is 11.9 Å². The molecule has 5 heteroatoms. The van der Waals surface area contributed by atoms with E-state index >= 15 is 0 Å². The van der Waals surface area contributed by atoms with Crippen molar-refractivity contribution < 1.29 is 14.7 Å². The molecule has 2 aromatic rings. The summed E-state index contributed by atoms with van der Waals surface area (Å²) in [5, 5.41) is 9.18. The van der Waals surface area contributed by atoms with Gasteiger partial charge in [0.05, 0.1) is 11.6 Å². The van der Waals surface area contributed by atoms with Crippen LogP contribution in [0.2, 0.25) is 0 Å². The topological polar surface area (TPSA) is 60.9 Å². The third kappa shape index (κ3) is 4.06. The maximum atomic E-state index is 11.8. The molecule has 1 N–H and O–H groups in total. The average molecular weight is 338 g/mol. The van der Waals surface area contributed by atoms with Crippen LogP contribution < -0.4 is 0 Å². The number of nitrogens with zero attached hydrogens (tertiary/aromatic N) is 2. The number of benzene rings is 2. The third-order valence-electron chi connectivity index (χ3n) is 4.68. The predicted octanol–water partition coefficient (Wildman–Crippen LogP) is 2.79. The van der Waals surface area contributed by atoms with Gasteiger partial charge in [0.15, 0.2) is 0 Å². The van der Waals surface area contributed by atoms with Crippen LogP contribution in [0.1, 0.15) is 34.5 Å². The summed E-state index contributed by atoms with van der Waals surface area (Å²) < 4.78 is 0. The van der Waals surface area contributed by atoms with Crippen molar-refractivity contribution in [1.29, 1.82) is 0 Å². The first-order chi connectivity index (χ1) is 12.0. The zero-order chi connectivity index (χ0) is 17.8. The Bertz CT molecular complexity index is 761. The van der Waals surface area contributed by atoms with Crippen LogP contribution >= 0.6 is 0 Å². The van der Waals surface area contributed by atoms with E-state index < -0.39 is 5.97 Å². The second kappa shape index (κ2) is 7.49. The summed E-state index contributed by atoms with van der Waals surface area (Å²) in [5.41, 5.74) is 2.44. The summed E-state index contributed by atoms with van der Waals surface area (Å²) in [5.74, 6) is -0.823. The Morgan fingerprint density at radius 1 is 1.08 bits per heavy atom. The number of hydrogen-bond acceptors (Lipinski definition) is 3. The lowest BCUT2D eigenvalue weighted by molar-refractivity contribution is -0.132. The maximum absolute atomic E-state index is 11.8. The molecule has 1 aliphatic heterocycles. The number of hydrogen-bond donors (Lipinski definition) is 1. The van der Waals surface area contributed by atoms with E-state index in [-0.39, 0.29) is 11.9 Å². The smallest absolute Gasteiger partial charge is 0.335 e. The van der Waals surface area contributed by atoms with E-state index in [0.29, 0.717) is 25.2 Å². The van der Waals surface area contributed by atoms with Gasteiger partial charge in [0, 0.05) is 33.1 Å². The summed E-state index contributed by atoms with van der Waals surface area (Å²) in [6, 6.07) is 17.3. The van der Waals surface area contributed by atoms with E-state index in [1.165, 1.54) is 5.56 Å². The van der Waals surface area contributed by atoms with Crippen molar-refractivity contribution in [3.8, 4) is 0 Å². The molecule has 3 rings (SSSR count). The van der Waals surface area contributed by atoms with Crippen molar-refractivity contribution in [1.82, 2.24) is 9.80 Å². The minimum Gasteiger partial charge on any atom is -0.478 e. The maximum Gasteiger partial charge on any atom is 0.335 e. The molecule has 1 saturated heterocycles. The molecule has 0 spiro atoms. The molecule has 0 bridgehead atoms. The van der Waals surface area contributed by atoms with Crippen LogP contribution in [-0.2, 0) is 11.3 Å². The Hall–Kier alpha value is -2.66. The quantitative estimate of drug-likeness (QED) is 0.931. The number of carbonyl (C=O) groups is 2. The fourth-order valence-electron chi connectivity index (χ4n) is 3.32. The van der Waals surface area contributed by atoms with Crippen LogP contribution in [0.5, 0.6) is 0 Å². The molecule has 1 fully saturated rings. The Balaban J connectivity index is 1.84. The van der Waals surface area contributed by atoms with E-state index in [0.717, 1.165) is 12.1 Å². The molecule has 25 heavy (non-hydrogen) atoms. The van der Waals surface area contributed by atoms with Gasteiger partial charge in [0.1, 0.15) is 0 Å². The van der Waals surface area contributed by atoms with Crippen LogP contribution in [0.3, 0.4) is 0 Å². The van der Waals surface area contributed by atoms with Gasteiger partial charge in [-0.2, -0.15) is 0 Å². The monoisotopic (exact) mass is 338 g/mol. The summed E-state index contributed by atoms with van der Waals surface area (Å²) >= 11 is 0. The Morgan fingerprint density at radius 2 is 1.84 bits per heavy atom. The van der Waals surface area contributed by atoms with Gasteiger partial charge < -0.3 is 10.0 Å². The minimum absolute atomic E-state index is 0.0912. The minimum atomic E-state index is -0.914. The molecule has 0 radical (unpaired) electrons.